The van der Waals surface area contributed by atoms with Crippen molar-refractivity contribution in [3.63, 3.8) is 0 Å². The molecule has 0 atom stereocenters. The van der Waals surface area contributed by atoms with Gasteiger partial charge in [-0.3, -0.25) is 9.79 Å². The summed E-state index contributed by atoms with van der Waals surface area (Å²) in [5.41, 5.74) is 5.28. The number of carbonyl (C=O) groups is 1. The van der Waals surface area contributed by atoms with Crippen molar-refractivity contribution in [2.24, 2.45) is 20.7 Å². The minimum Gasteiger partial charge on any atom is -0.453 e. The Morgan fingerprint density at radius 1 is 0.962 bits per heavy atom. The summed E-state index contributed by atoms with van der Waals surface area (Å²) >= 11 is 0. The first-order chi connectivity index (χ1) is 12.8. The second-order valence-electron chi connectivity index (χ2n) is 4.86. The number of nitrogens with two attached hydrogens (primary N) is 1. The fourth-order valence-electron chi connectivity index (χ4n) is 1.84. The Bertz CT molecular complexity index is 948. The summed E-state index contributed by atoms with van der Waals surface area (Å²) in [7, 11) is 0. The van der Waals surface area contributed by atoms with Crippen LogP contribution < -0.4 is 16.2 Å². The Morgan fingerprint density at radius 2 is 1.77 bits per heavy atom. The van der Waals surface area contributed by atoms with Gasteiger partial charge in [0.1, 0.15) is 5.71 Å². The number of benzene rings is 1. The number of hydrogen-bond acceptors (Lipinski definition) is 5. The summed E-state index contributed by atoms with van der Waals surface area (Å²) < 4.78 is 5.11. The predicted octanol–water partition coefficient (Wildman–Crippen LogP) is 1.36. The topological polar surface area (TPSA) is 89.4 Å². The van der Waals surface area contributed by atoms with Gasteiger partial charge >= 0.3 is 0 Å². The third kappa shape index (κ3) is 6.76. The molecule has 6 heteroatoms. The van der Waals surface area contributed by atoms with E-state index in [1.165, 1.54) is 31.1 Å². The fourth-order valence-corrected chi connectivity index (χ4v) is 1.84. The summed E-state index contributed by atoms with van der Waals surface area (Å²) in [4.78, 5) is 23.3. The molecule has 1 aromatic rings. The van der Waals surface area contributed by atoms with Gasteiger partial charge in [0.05, 0.1) is 6.26 Å². The molecule has 6 nitrogen and oxygen atoms in total. The van der Waals surface area contributed by atoms with Crippen LogP contribution in [0.25, 0.3) is 12.3 Å². The Labute approximate surface area is 151 Å². The van der Waals surface area contributed by atoms with Crippen molar-refractivity contribution in [3.05, 3.63) is 83.7 Å². The van der Waals surface area contributed by atoms with Gasteiger partial charge in [0.15, 0.2) is 6.40 Å². The van der Waals surface area contributed by atoms with Crippen molar-refractivity contribution in [2.75, 3.05) is 0 Å². The van der Waals surface area contributed by atoms with Crippen molar-refractivity contribution >= 4 is 36.5 Å². The van der Waals surface area contributed by atoms with Crippen LogP contribution in [0.4, 0.5) is 0 Å². The molecule has 1 aliphatic heterocycles. The van der Waals surface area contributed by atoms with Crippen LogP contribution in [-0.2, 0) is 9.53 Å². The standard InChI is InChI=1S/C20H18N4O2/c21-20(25)19-10-14-26-16-23-15-18-9-5-4-8-17(18)7-3-1-2-6-11-22-12-13-24-19/h1-16H,(H2,21,25). The lowest BCUT2D eigenvalue weighted by atomic mass is 10.2. The maximum Gasteiger partial charge on any atom is 0.267 e. The number of fused-ring (bicyclic) bond motifs is 1. The van der Waals surface area contributed by atoms with E-state index in [4.69, 9.17) is 10.5 Å². The molecule has 0 saturated heterocycles. The largest absolute Gasteiger partial charge is 0.453 e. The van der Waals surface area contributed by atoms with E-state index in [2.05, 4.69) is 15.0 Å². The number of ether oxygens (including phenoxy) is 1. The highest BCUT2D eigenvalue weighted by molar-refractivity contribution is 6.42. The number of carbonyl (C=O) groups excluding carboxylic acids is 1. The van der Waals surface area contributed by atoms with E-state index in [1.807, 2.05) is 48.6 Å². The monoisotopic (exact) mass is 346 g/mol. The summed E-state index contributed by atoms with van der Waals surface area (Å²) in [5.74, 6) is -0.678. The van der Waals surface area contributed by atoms with Crippen molar-refractivity contribution in [1.29, 1.82) is 0 Å². The first kappa shape index (κ1) is 18.5. The van der Waals surface area contributed by atoms with Gasteiger partial charge in [-0.1, -0.05) is 48.6 Å². The number of hydrogen-bond donors (Lipinski definition) is 1. The number of nitrogens with zero attached hydrogens (tertiary/aromatic N) is 3. The average Bonchev–Trinajstić information content (AvgIpc) is 2.64. The van der Waals surface area contributed by atoms with Crippen LogP contribution in [0.1, 0.15) is 0 Å². The normalized spacial score (nSPS) is 14.7. The highest BCUT2D eigenvalue weighted by Gasteiger charge is 2.00. The van der Waals surface area contributed by atoms with Crippen molar-refractivity contribution < 1.29 is 9.53 Å². The number of amides is 1. The van der Waals surface area contributed by atoms with Crippen LogP contribution in [0.2, 0.25) is 0 Å². The van der Waals surface area contributed by atoms with Crippen molar-refractivity contribution in [1.82, 2.24) is 0 Å². The zero-order valence-corrected chi connectivity index (χ0v) is 14.0. The smallest absolute Gasteiger partial charge is 0.267 e. The van der Waals surface area contributed by atoms with Crippen LogP contribution in [0.3, 0.4) is 0 Å². The molecule has 2 N–H and O–H groups in total. The first-order valence-corrected chi connectivity index (χ1v) is 7.76. The molecule has 0 bridgehead atoms. The summed E-state index contributed by atoms with van der Waals surface area (Å²) in [6.45, 7) is 0. The SMILES string of the molecule is NC(=O)C1=NC=CN=CC=CC=CC=c2ccccc2=CN=COC=C1. The van der Waals surface area contributed by atoms with Gasteiger partial charge in [-0.05, 0) is 11.3 Å². The summed E-state index contributed by atoms with van der Waals surface area (Å²) in [5, 5.41) is 1.95. The Balaban J connectivity index is 2.35. The minimum atomic E-state index is -0.678. The van der Waals surface area contributed by atoms with Crippen LogP contribution >= 0.6 is 0 Å². The van der Waals surface area contributed by atoms with E-state index in [0.29, 0.717) is 0 Å². The lowest BCUT2D eigenvalue weighted by molar-refractivity contribution is -0.111. The lowest BCUT2D eigenvalue weighted by Crippen LogP contribution is -2.22. The number of aliphatic imine (C=N–C) groups is 3. The van der Waals surface area contributed by atoms with Crippen LogP contribution in [0.5, 0.6) is 0 Å². The molecule has 1 heterocycles. The van der Waals surface area contributed by atoms with Crippen LogP contribution in [0.15, 0.2) is 88.3 Å². The van der Waals surface area contributed by atoms with Crippen molar-refractivity contribution in [2.45, 2.75) is 0 Å². The molecule has 1 aliphatic rings. The Hall–Kier alpha value is -3.80. The zero-order chi connectivity index (χ0) is 18.5. The van der Waals surface area contributed by atoms with Crippen LogP contribution in [0, 0.1) is 0 Å². The molecule has 0 aliphatic carbocycles. The van der Waals surface area contributed by atoms with E-state index >= 15 is 0 Å². The van der Waals surface area contributed by atoms with Crippen molar-refractivity contribution in [3.8, 4) is 0 Å². The quantitative estimate of drug-likeness (QED) is 0.832. The summed E-state index contributed by atoms with van der Waals surface area (Å²) in [6.07, 6.45) is 19.4. The highest BCUT2D eigenvalue weighted by atomic mass is 16.5. The van der Waals surface area contributed by atoms with Gasteiger partial charge in [-0.25, -0.2) is 9.98 Å². The van der Waals surface area contributed by atoms with Gasteiger partial charge < -0.3 is 10.5 Å². The maximum atomic E-state index is 11.3. The molecule has 0 radical (unpaired) electrons. The van der Waals surface area contributed by atoms with E-state index in [-0.39, 0.29) is 5.71 Å². The van der Waals surface area contributed by atoms with E-state index in [0.717, 1.165) is 10.4 Å². The van der Waals surface area contributed by atoms with Gasteiger partial charge in [0, 0.05) is 36.1 Å². The molecule has 130 valence electrons. The number of rotatable bonds is 1. The molecular formula is C20H18N4O2. The molecular weight excluding hydrogens is 328 g/mol. The average molecular weight is 346 g/mol. The molecule has 26 heavy (non-hydrogen) atoms. The van der Waals surface area contributed by atoms with Gasteiger partial charge in [0.25, 0.3) is 5.91 Å². The molecule has 2 rings (SSSR count). The Morgan fingerprint density at radius 3 is 2.62 bits per heavy atom. The van der Waals surface area contributed by atoms with Gasteiger partial charge in [-0.15, -0.1) is 0 Å². The predicted molar refractivity (Wildman–Crippen MR) is 106 cm³/mol. The summed E-state index contributed by atoms with van der Waals surface area (Å²) in [6, 6.07) is 7.81. The van der Waals surface area contributed by atoms with Gasteiger partial charge in [-0.2, -0.15) is 0 Å². The maximum absolute atomic E-state index is 11.3. The van der Waals surface area contributed by atoms with E-state index in [1.54, 1.807) is 18.5 Å². The molecule has 0 unspecified atom stereocenters. The molecule has 0 saturated carbocycles. The first-order valence-electron chi connectivity index (χ1n) is 7.76. The Kier molecular flexibility index (Phi) is 7.76. The molecule has 1 aromatic carbocycles. The van der Waals surface area contributed by atoms with Gasteiger partial charge in [0.2, 0.25) is 0 Å². The third-order valence-electron chi connectivity index (χ3n) is 3.04. The minimum absolute atomic E-state index is 0.0326. The highest BCUT2D eigenvalue weighted by Crippen LogP contribution is 1.87. The molecule has 1 amide bonds. The van der Waals surface area contributed by atoms with Crippen LogP contribution in [-0.4, -0.2) is 24.2 Å². The molecule has 0 spiro atoms. The van der Waals surface area contributed by atoms with E-state index in [9.17, 15) is 4.79 Å². The second-order valence-corrected chi connectivity index (χ2v) is 4.86. The number of primary amides is 1. The second kappa shape index (κ2) is 10.9. The molecule has 0 fully saturated rings. The van der Waals surface area contributed by atoms with E-state index < -0.39 is 5.91 Å². The lowest BCUT2D eigenvalue weighted by Gasteiger charge is -1.92. The third-order valence-corrected chi connectivity index (χ3v) is 3.04. The number of allylic oxidation sites excluding steroid dienone is 4. The zero-order valence-electron chi connectivity index (χ0n) is 14.0. The molecule has 0 aromatic heterocycles. The fraction of sp³-hybridized carbons (Fsp3) is 0.